The normalized spacial score (nSPS) is 10.8. The summed E-state index contributed by atoms with van der Waals surface area (Å²) in [5.41, 5.74) is 1.56. The van der Waals surface area contributed by atoms with E-state index >= 15 is 0 Å². The second-order valence-electron chi connectivity index (χ2n) is 3.18. The molecule has 2 rings (SSSR count). The van der Waals surface area contributed by atoms with Crippen molar-refractivity contribution in [3.8, 4) is 0 Å². The summed E-state index contributed by atoms with van der Waals surface area (Å²) in [6.07, 6.45) is 2.01. The molecular formula is C11H11ClN2OS2. The van der Waals surface area contributed by atoms with E-state index in [-0.39, 0.29) is 5.28 Å². The van der Waals surface area contributed by atoms with Crippen molar-refractivity contribution in [3.63, 3.8) is 0 Å². The fourth-order valence-electron chi connectivity index (χ4n) is 1.45. The maximum absolute atomic E-state index is 5.93. The number of hydrogen-bond acceptors (Lipinski definition) is 5. The number of thiophene rings is 1. The fraction of sp³-hybridized carbons (Fsp3) is 0.273. The lowest BCUT2D eigenvalue weighted by Crippen LogP contribution is -1.96. The molecule has 3 nitrogen and oxygen atoms in total. The summed E-state index contributed by atoms with van der Waals surface area (Å²) in [6.45, 7) is 6.34. The molecule has 0 N–H and O–H groups in total. The van der Waals surface area contributed by atoms with Gasteiger partial charge in [0.05, 0.1) is 11.3 Å². The first-order valence-corrected chi connectivity index (χ1v) is 7.46. The van der Waals surface area contributed by atoms with Crippen molar-refractivity contribution in [1.29, 1.82) is 0 Å². The molecule has 0 aliphatic heterocycles. The molecule has 17 heavy (non-hydrogen) atoms. The first-order chi connectivity index (χ1) is 8.17. The summed E-state index contributed by atoms with van der Waals surface area (Å²) in [7, 11) is 0. The first-order valence-electron chi connectivity index (χ1n) is 4.98. The van der Waals surface area contributed by atoms with E-state index in [1.165, 1.54) is 0 Å². The van der Waals surface area contributed by atoms with Gasteiger partial charge in [0.1, 0.15) is 17.0 Å². The molecule has 90 valence electrons. The summed E-state index contributed by atoms with van der Waals surface area (Å²) in [5.74, 6) is 0.538. The molecule has 0 saturated carbocycles. The predicted molar refractivity (Wildman–Crippen MR) is 74.9 cm³/mol. The molecule has 0 aliphatic rings. The van der Waals surface area contributed by atoms with Gasteiger partial charge in [-0.25, -0.2) is 9.97 Å². The van der Waals surface area contributed by atoms with Gasteiger partial charge in [-0.1, -0.05) is 6.58 Å². The average molecular weight is 287 g/mol. The summed E-state index contributed by atoms with van der Waals surface area (Å²) in [5, 5.41) is 2.27. The van der Waals surface area contributed by atoms with Crippen molar-refractivity contribution in [2.24, 2.45) is 0 Å². The topological polar surface area (TPSA) is 35.0 Å². The van der Waals surface area contributed by atoms with E-state index in [9.17, 15) is 0 Å². The molecule has 0 spiro atoms. The van der Waals surface area contributed by atoms with Crippen LogP contribution in [0.25, 0.3) is 16.0 Å². The van der Waals surface area contributed by atoms with Gasteiger partial charge in [0.2, 0.25) is 5.28 Å². The van der Waals surface area contributed by atoms with Crippen LogP contribution in [0.15, 0.2) is 16.9 Å². The Morgan fingerprint density at radius 2 is 2.35 bits per heavy atom. The largest absolute Gasteiger partial charge is 0.492 e. The van der Waals surface area contributed by atoms with Gasteiger partial charge in [0.15, 0.2) is 0 Å². The fourth-order valence-corrected chi connectivity index (χ4v) is 3.43. The Balaban J connectivity index is 2.62. The van der Waals surface area contributed by atoms with Crippen LogP contribution in [0.3, 0.4) is 0 Å². The van der Waals surface area contributed by atoms with Crippen molar-refractivity contribution in [3.05, 3.63) is 22.9 Å². The van der Waals surface area contributed by atoms with Crippen molar-refractivity contribution in [1.82, 2.24) is 9.97 Å². The SMILES string of the molecule is C=C(OCC)c1nc(Cl)nc2c(SC)csc12. The lowest BCUT2D eigenvalue weighted by atomic mass is 10.3. The van der Waals surface area contributed by atoms with Crippen LogP contribution in [0.1, 0.15) is 12.6 Å². The quantitative estimate of drug-likeness (QED) is 0.482. The first kappa shape index (κ1) is 12.7. The molecule has 0 saturated heterocycles. The Morgan fingerprint density at radius 1 is 1.59 bits per heavy atom. The predicted octanol–water partition coefficient (Wildman–Crippen LogP) is 4.07. The number of fused-ring (bicyclic) bond motifs is 1. The van der Waals surface area contributed by atoms with Crippen LogP contribution in [0, 0.1) is 0 Å². The maximum Gasteiger partial charge on any atom is 0.223 e. The Bertz CT molecular complexity index is 568. The van der Waals surface area contributed by atoms with Crippen molar-refractivity contribution >= 4 is 50.7 Å². The minimum atomic E-state index is 0.224. The second kappa shape index (κ2) is 5.25. The van der Waals surface area contributed by atoms with Gasteiger partial charge >= 0.3 is 0 Å². The second-order valence-corrected chi connectivity index (χ2v) is 5.25. The van der Waals surface area contributed by atoms with Crippen LogP contribution < -0.4 is 0 Å². The average Bonchev–Trinajstić information content (AvgIpc) is 2.71. The molecule has 0 aromatic carbocycles. The number of aromatic nitrogens is 2. The van der Waals surface area contributed by atoms with Gasteiger partial charge in [-0.2, -0.15) is 0 Å². The number of nitrogens with zero attached hydrogens (tertiary/aromatic N) is 2. The van der Waals surface area contributed by atoms with Crippen molar-refractivity contribution < 1.29 is 4.74 Å². The third kappa shape index (κ3) is 2.41. The Labute approximate surface area is 113 Å². The molecule has 0 amide bonds. The van der Waals surface area contributed by atoms with E-state index in [0.717, 1.165) is 15.1 Å². The molecule has 2 aromatic rings. The van der Waals surface area contributed by atoms with Crippen LogP contribution in [0.5, 0.6) is 0 Å². The smallest absolute Gasteiger partial charge is 0.223 e. The van der Waals surface area contributed by atoms with Gasteiger partial charge in [0.25, 0.3) is 0 Å². The van der Waals surface area contributed by atoms with Gasteiger partial charge in [-0.15, -0.1) is 23.1 Å². The summed E-state index contributed by atoms with van der Waals surface area (Å²) in [6, 6.07) is 0. The molecule has 6 heteroatoms. The summed E-state index contributed by atoms with van der Waals surface area (Å²) in [4.78, 5) is 9.55. The van der Waals surface area contributed by atoms with Gasteiger partial charge in [-0.05, 0) is 24.8 Å². The molecular weight excluding hydrogens is 276 g/mol. The number of ether oxygens (including phenoxy) is 1. The van der Waals surface area contributed by atoms with Gasteiger partial charge in [0, 0.05) is 10.3 Å². The number of hydrogen-bond donors (Lipinski definition) is 0. The number of rotatable bonds is 4. The third-order valence-corrected chi connectivity index (χ3v) is 4.20. The highest BCUT2D eigenvalue weighted by molar-refractivity contribution is 7.99. The highest BCUT2D eigenvalue weighted by Crippen LogP contribution is 2.35. The van der Waals surface area contributed by atoms with E-state index in [4.69, 9.17) is 16.3 Å². The van der Waals surface area contributed by atoms with E-state index < -0.39 is 0 Å². The molecule has 2 aromatic heterocycles. The van der Waals surface area contributed by atoms with Crippen LogP contribution in [0.2, 0.25) is 5.28 Å². The zero-order valence-corrected chi connectivity index (χ0v) is 11.9. The summed E-state index contributed by atoms with van der Waals surface area (Å²) < 4.78 is 6.36. The van der Waals surface area contributed by atoms with Gasteiger partial charge in [-0.3, -0.25) is 0 Å². The molecule has 0 fully saturated rings. The number of halogens is 1. The Kier molecular flexibility index (Phi) is 3.91. The molecule has 2 heterocycles. The standard InChI is InChI=1S/C11H11ClN2OS2/c1-4-15-6(2)8-10-9(14-11(12)13-8)7(16-3)5-17-10/h5H,2,4H2,1,3H3. The van der Waals surface area contributed by atoms with Gasteiger partial charge < -0.3 is 4.74 Å². The van der Waals surface area contributed by atoms with E-state index in [1.54, 1.807) is 23.1 Å². The molecule has 0 unspecified atom stereocenters. The monoisotopic (exact) mass is 286 g/mol. The number of thioether (sulfide) groups is 1. The lowest BCUT2D eigenvalue weighted by Gasteiger charge is -2.07. The zero-order valence-electron chi connectivity index (χ0n) is 9.49. The highest BCUT2D eigenvalue weighted by Gasteiger charge is 2.15. The molecule has 0 aliphatic carbocycles. The van der Waals surface area contributed by atoms with Crippen molar-refractivity contribution in [2.45, 2.75) is 11.8 Å². The minimum absolute atomic E-state index is 0.224. The van der Waals surface area contributed by atoms with Crippen LogP contribution in [-0.4, -0.2) is 22.8 Å². The van der Waals surface area contributed by atoms with E-state index in [1.807, 2.05) is 18.6 Å². The van der Waals surface area contributed by atoms with Crippen LogP contribution in [0.4, 0.5) is 0 Å². The van der Waals surface area contributed by atoms with Crippen LogP contribution >= 0.6 is 34.7 Å². The lowest BCUT2D eigenvalue weighted by molar-refractivity contribution is 0.298. The Morgan fingerprint density at radius 3 is 3.00 bits per heavy atom. The highest BCUT2D eigenvalue weighted by atomic mass is 35.5. The van der Waals surface area contributed by atoms with E-state index in [0.29, 0.717) is 18.1 Å². The zero-order chi connectivity index (χ0) is 12.4. The molecule has 0 bridgehead atoms. The summed E-state index contributed by atoms with van der Waals surface area (Å²) >= 11 is 9.15. The van der Waals surface area contributed by atoms with Crippen LogP contribution in [-0.2, 0) is 4.74 Å². The van der Waals surface area contributed by atoms with E-state index in [2.05, 4.69) is 16.5 Å². The molecule has 0 radical (unpaired) electrons. The maximum atomic E-state index is 5.93. The minimum Gasteiger partial charge on any atom is -0.492 e. The Hall–Kier alpha value is -0.780. The van der Waals surface area contributed by atoms with Crippen molar-refractivity contribution in [2.75, 3.05) is 12.9 Å². The third-order valence-electron chi connectivity index (χ3n) is 2.16. The molecule has 0 atom stereocenters.